The molecule has 3 rings (SSSR count). The van der Waals surface area contributed by atoms with Crippen LogP contribution in [-0.2, 0) is 14.4 Å². The molecule has 38 heavy (non-hydrogen) atoms. The van der Waals surface area contributed by atoms with Crippen LogP contribution in [-0.4, -0.2) is 62.0 Å². The van der Waals surface area contributed by atoms with Gasteiger partial charge in [-0.05, 0) is 48.7 Å². The maximum absolute atomic E-state index is 13.1. The number of para-hydroxylation sites is 1. The molecule has 0 aliphatic carbocycles. The number of carbonyl (C=O) groups is 4. The Balaban J connectivity index is 1.73. The van der Waals surface area contributed by atoms with E-state index in [4.69, 9.17) is 21.1 Å². The third-order valence-corrected chi connectivity index (χ3v) is 6.02. The minimum Gasteiger partial charge on any atom is -0.493 e. The second-order valence-corrected chi connectivity index (χ2v) is 9.54. The van der Waals surface area contributed by atoms with E-state index >= 15 is 0 Å². The molecule has 0 radical (unpaired) electrons. The van der Waals surface area contributed by atoms with Crippen molar-refractivity contribution in [2.24, 2.45) is 5.92 Å². The van der Waals surface area contributed by atoms with Crippen molar-refractivity contribution in [3.05, 3.63) is 59.1 Å². The van der Waals surface area contributed by atoms with E-state index in [1.165, 1.54) is 0 Å². The number of halogens is 1. The number of hydrogen-bond acceptors (Lipinski definition) is 6. The zero-order valence-corrected chi connectivity index (χ0v) is 22.2. The van der Waals surface area contributed by atoms with Crippen LogP contribution in [0.4, 0.5) is 0 Å². The molecule has 0 saturated heterocycles. The van der Waals surface area contributed by atoms with Gasteiger partial charge in [-0.1, -0.05) is 37.6 Å². The van der Waals surface area contributed by atoms with Crippen LogP contribution < -0.4 is 30.7 Å². The molecule has 4 N–H and O–H groups in total. The molecule has 2 aromatic carbocycles. The Labute approximate surface area is 226 Å². The summed E-state index contributed by atoms with van der Waals surface area (Å²) in [5, 5.41) is 11.4. The highest BCUT2D eigenvalue weighted by atomic mass is 35.5. The van der Waals surface area contributed by atoms with Gasteiger partial charge in [0.1, 0.15) is 30.2 Å². The lowest BCUT2D eigenvalue weighted by molar-refractivity contribution is -0.131. The molecular formula is C27H33ClN4O6. The van der Waals surface area contributed by atoms with E-state index in [0.29, 0.717) is 29.5 Å². The van der Waals surface area contributed by atoms with Gasteiger partial charge in [-0.15, -0.1) is 0 Å². The zero-order chi connectivity index (χ0) is 27.5. The van der Waals surface area contributed by atoms with Crippen LogP contribution in [0.3, 0.4) is 0 Å². The van der Waals surface area contributed by atoms with Gasteiger partial charge in [-0.3, -0.25) is 19.2 Å². The number of hydrogen-bond donors (Lipinski definition) is 4. The third kappa shape index (κ3) is 8.65. The fourth-order valence-corrected chi connectivity index (χ4v) is 3.88. The molecule has 2 aromatic rings. The molecule has 0 bridgehead atoms. The number of rotatable bonds is 6. The predicted octanol–water partition coefficient (Wildman–Crippen LogP) is 2.06. The number of ether oxygens (including phenoxy) is 2. The molecule has 4 amide bonds. The van der Waals surface area contributed by atoms with Crippen LogP contribution in [0.2, 0.25) is 5.02 Å². The van der Waals surface area contributed by atoms with E-state index in [0.717, 1.165) is 0 Å². The van der Waals surface area contributed by atoms with Gasteiger partial charge in [0.2, 0.25) is 17.7 Å². The molecule has 1 aliphatic heterocycles. The van der Waals surface area contributed by atoms with E-state index in [-0.39, 0.29) is 43.6 Å². The first kappa shape index (κ1) is 28.8. The smallest absolute Gasteiger partial charge is 0.255 e. The fraction of sp³-hybridized carbons (Fsp3) is 0.407. The maximum atomic E-state index is 13.1. The van der Waals surface area contributed by atoms with Crippen molar-refractivity contribution >= 4 is 35.2 Å². The minimum absolute atomic E-state index is 0.131. The summed E-state index contributed by atoms with van der Waals surface area (Å²) in [5.41, 5.74) is 0.232. The van der Waals surface area contributed by atoms with Crippen LogP contribution in [0.25, 0.3) is 0 Å². The zero-order valence-electron chi connectivity index (χ0n) is 21.4. The van der Waals surface area contributed by atoms with Crippen LogP contribution in [0, 0.1) is 5.92 Å². The topological polar surface area (TPSA) is 135 Å². The summed E-state index contributed by atoms with van der Waals surface area (Å²) in [6.07, 6.45) is 0.138. The average Bonchev–Trinajstić information content (AvgIpc) is 2.89. The lowest BCUT2D eigenvalue weighted by Crippen LogP contribution is -2.53. The highest BCUT2D eigenvalue weighted by Crippen LogP contribution is 2.19. The van der Waals surface area contributed by atoms with Gasteiger partial charge >= 0.3 is 0 Å². The van der Waals surface area contributed by atoms with Crippen molar-refractivity contribution in [2.45, 2.75) is 38.8 Å². The summed E-state index contributed by atoms with van der Waals surface area (Å²) in [4.78, 5) is 51.8. The molecule has 1 heterocycles. The van der Waals surface area contributed by atoms with E-state index in [9.17, 15) is 19.2 Å². The summed E-state index contributed by atoms with van der Waals surface area (Å²) < 4.78 is 11.4. The number of nitrogens with one attached hydrogen (secondary N) is 4. The molecule has 2 atom stereocenters. The highest BCUT2D eigenvalue weighted by molar-refractivity contribution is 6.30. The number of fused-ring (bicyclic) bond motifs is 1. The molecule has 0 aromatic heterocycles. The average molecular weight is 545 g/mol. The summed E-state index contributed by atoms with van der Waals surface area (Å²) in [7, 11) is 0. The van der Waals surface area contributed by atoms with E-state index < -0.39 is 29.8 Å². The quantitative estimate of drug-likeness (QED) is 0.411. The first-order valence-electron chi connectivity index (χ1n) is 12.5. The van der Waals surface area contributed by atoms with Gasteiger partial charge in [0, 0.05) is 11.6 Å². The molecule has 0 spiro atoms. The molecule has 0 unspecified atom stereocenters. The summed E-state index contributed by atoms with van der Waals surface area (Å²) in [6.45, 7) is 4.52. The molecule has 0 saturated carbocycles. The summed E-state index contributed by atoms with van der Waals surface area (Å²) >= 11 is 5.87. The van der Waals surface area contributed by atoms with Crippen LogP contribution in [0.5, 0.6) is 11.5 Å². The molecule has 10 nitrogen and oxygen atoms in total. The van der Waals surface area contributed by atoms with Crippen molar-refractivity contribution in [1.29, 1.82) is 0 Å². The molecule has 0 fully saturated rings. The van der Waals surface area contributed by atoms with Gasteiger partial charge in [0.05, 0.1) is 25.1 Å². The van der Waals surface area contributed by atoms with Gasteiger partial charge in [0.25, 0.3) is 5.91 Å². The Kier molecular flexibility index (Phi) is 10.8. The second-order valence-electron chi connectivity index (χ2n) is 9.10. The van der Waals surface area contributed by atoms with E-state index in [2.05, 4.69) is 21.3 Å². The fourth-order valence-electron chi connectivity index (χ4n) is 3.75. The molecular weight excluding hydrogens is 512 g/mol. The first-order valence-corrected chi connectivity index (χ1v) is 12.9. The highest BCUT2D eigenvalue weighted by Gasteiger charge is 2.29. The summed E-state index contributed by atoms with van der Waals surface area (Å²) in [5.74, 6) is -1.27. The normalized spacial score (nSPS) is 19.0. The monoisotopic (exact) mass is 544 g/mol. The standard InChI is InChI=1S/C27H33ClN4O6/c1-17(2)24-27(36)29-12-5-14-38-22-7-4-3-6-20(22)25(34)31-21(16-23(33)32-24)26(35)30-13-15-37-19-10-8-18(28)9-11-19/h3-4,6-11,17,21,24H,5,12-16H2,1-2H3,(H,29,36)(H,30,35)(H,31,34)(H,32,33)/t21-,24-/m0/s1. The van der Waals surface area contributed by atoms with Crippen molar-refractivity contribution in [2.75, 3.05) is 26.3 Å². The Morgan fingerprint density at radius 2 is 1.84 bits per heavy atom. The van der Waals surface area contributed by atoms with Crippen LogP contribution >= 0.6 is 11.6 Å². The van der Waals surface area contributed by atoms with Gasteiger partial charge in [-0.2, -0.15) is 0 Å². The largest absolute Gasteiger partial charge is 0.493 e. The SMILES string of the molecule is CC(C)[C@@H]1NC(=O)C[C@@H](C(=O)NCCOc2ccc(Cl)cc2)NC(=O)c2ccccc2OCCCNC1=O. The molecule has 204 valence electrons. The third-order valence-electron chi connectivity index (χ3n) is 5.77. The number of benzene rings is 2. The summed E-state index contributed by atoms with van der Waals surface area (Å²) in [6, 6.07) is 11.4. The van der Waals surface area contributed by atoms with Crippen molar-refractivity contribution in [1.82, 2.24) is 21.3 Å². The number of amides is 4. The van der Waals surface area contributed by atoms with Crippen molar-refractivity contribution in [3.8, 4) is 11.5 Å². The van der Waals surface area contributed by atoms with Crippen molar-refractivity contribution in [3.63, 3.8) is 0 Å². The van der Waals surface area contributed by atoms with Crippen LogP contribution in [0.1, 0.15) is 37.0 Å². The van der Waals surface area contributed by atoms with E-state index in [1.54, 1.807) is 48.5 Å². The van der Waals surface area contributed by atoms with Crippen LogP contribution in [0.15, 0.2) is 48.5 Å². The Morgan fingerprint density at radius 3 is 2.58 bits per heavy atom. The lowest BCUT2D eigenvalue weighted by Gasteiger charge is -2.23. The first-order chi connectivity index (χ1) is 18.2. The van der Waals surface area contributed by atoms with Gasteiger partial charge in [0.15, 0.2) is 0 Å². The number of carbonyl (C=O) groups excluding carboxylic acids is 4. The predicted molar refractivity (Wildman–Crippen MR) is 142 cm³/mol. The Hall–Kier alpha value is -3.79. The Bertz CT molecular complexity index is 1120. The Morgan fingerprint density at radius 1 is 1.11 bits per heavy atom. The van der Waals surface area contributed by atoms with Gasteiger partial charge in [-0.25, -0.2) is 0 Å². The molecule has 1 aliphatic rings. The minimum atomic E-state index is -1.20. The van der Waals surface area contributed by atoms with Gasteiger partial charge < -0.3 is 30.7 Å². The van der Waals surface area contributed by atoms with Crippen molar-refractivity contribution < 1.29 is 28.7 Å². The van der Waals surface area contributed by atoms with E-state index in [1.807, 2.05) is 13.8 Å². The lowest BCUT2D eigenvalue weighted by atomic mass is 10.0. The second kappa shape index (κ2) is 14.2. The maximum Gasteiger partial charge on any atom is 0.255 e. The molecule has 11 heteroatoms.